The van der Waals surface area contributed by atoms with E-state index in [2.05, 4.69) is 128 Å². The summed E-state index contributed by atoms with van der Waals surface area (Å²) in [7, 11) is 0. The maximum Gasteiger partial charge on any atom is 0.309 e. The van der Waals surface area contributed by atoms with E-state index in [4.69, 9.17) is 0 Å². The smallest absolute Gasteiger partial charge is 0.309 e. The van der Waals surface area contributed by atoms with E-state index < -0.39 is 5.97 Å². The van der Waals surface area contributed by atoms with Crippen LogP contribution in [0.2, 0.25) is 0 Å². The molecule has 0 unspecified atom stereocenters. The lowest BCUT2D eigenvalue weighted by atomic mass is 9.79. The fraction of sp³-hybridized carbons (Fsp3) is 0.311. The number of allylic oxidation sites excluding steroid dienone is 8. The van der Waals surface area contributed by atoms with Crippen LogP contribution in [0.15, 0.2) is 121 Å². The van der Waals surface area contributed by atoms with Crippen molar-refractivity contribution in [2.75, 3.05) is 18.0 Å². The number of hydrogen-bond acceptors (Lipinski definition) is 3. The van der Waals surface area contributed by atoms with Crippen LogP contribution in [0.5, 0.6) is 0 Å². The second kappa shape index (κ2) is 13.4. The van der Waals surface area contributed by atoms with E-state index in [-0.39, 0.29) is 28.4 Å². The molecule has 5 heteroatoms. The maximum absolute atomic E-state index is 13.0. The molecule has 0 spiro atoms. The Morgan fingerprint density at radius 1 is 0.740 bits per heavy atom. The lowest BCUT2D eigenvalue weighted by molar-refractivity contribution is -0.436. The van der Waals surface area contributed by atoms with Gasteiger partial charge in [0.1, 0.15) is 12.2 Å². The Kier molecular flexibility index (Phi) is 9.30. The highest BCUT2D eigenvalue weighted by Crippen LogP contribution is 2.51. The van der Waals surface area contributed by atoms with E-state index in [1.54, 1.807) is 0 Å². The normalized spacial score (nSPS) is 17.7. The SMILES string of the molecule is CC(C)(C)C(=O)CCN1/C(=C/C=C/C=C/C=C/C2=[N+](CCC(=O)O)c3ccc4ccccc4c3C2(C)C)C(C)(C)c2c1ccc1ccccc21. The number of carboxylic acids is 1. The minimum Gasteiger partial charge on any atom is -0.481 e. The van der Waals surface area contributed by atoms with Crippen LogP contribution in [0.3, 0.4) is 0 Å². The van der Waals surface area contributed by atoms with Crippen LogP contribution in [0.4, 0.5) is 11.4 Å². The molecule has 0 radical (unpaired) electrons. The molecule has 0 amide bonds. The lowest BCUT2D eigenvalue weighted by Gasteiger charge is -2.28. The minimum absolute atomic E-state index is 0.0598. The number of carbonyl (C=O) groups excluding carboxylic acids is 1. The summed E-state index contributed by atoms with van der Waals surface area (Å²) in [6.45, 7) is 16.0. The molecule has 0 bridgehead atoms. The molecule has 0 saturated heterocycles. The van der Waals surface area contributed by atoms with Crippen LogP contribution in [-0.4, -0.2) is 40.2 Å². The molecule has 2 aliphatic rings. The van der Waals surface area contributed by atoms with Gasteiger partial charge in [0.05, 0.1) is 5.41 Å². The molecule has 4 aromatic rings. The predicted octanol–water partition coefficient (Wildman–Crippen LogP) is 10.2. The summed E-state index contributed by atoms with van der Waals surface area (Å²) in [5.41, 5.74) is 6.11. The monoisotopic (exact) mass is 665 g/mol. The van der Waals surface area contributed by atoms with Gasteiger partial charge in [-0.05, 0) is 59.2 Å². The van der Waals surface area contributed by atoms with E-state index >= 15 is 0 Å². The highest BCUT2D eigenvalue weighted by Gasteiger charge is 2.45. The zero-order valence-electron chi connectivity index (χ0n) is 30.5. The van der Waals surface area contributed by atoms with Gasteiger partial charge in [0.25, 0.3) is 0 Å². The van der Waals surface area contributed by atoms with Gasteiger partial charge in [-0.15, -0.1) is 0 Å². The van der Waals surface area contributed by atoms with Crippen molar-refractivity contribution < 1.29 is 19.3 Å². The molecular formula is C45H49N2O3+. The van der Waals surface area contributed by atoms with Crippen molar-refractivity contribution in [3.8, 4) is 0 Å². The van der Waals surface area contributed by atoms with Crippen molar-refractivity contribution >= 4 is 50.4 Å². The number of Topliss-reactive ketones (excluding diaryl/α,β-unsaturated/α-hetero) is 1. The number of carbonyl (C=O) groups is 2. The first-order valence-electron chi connectivity index (χ1n) is 17.7. The van der Waals surface area contributed by atoms with E-state index in [0.29, 0.717) is 19.5 Å². The largest absolute Gasteiger partial charge is 0.481 e. The Balaban J connectivity index is 1.28. The molecule has 256 valence electrons. The summed E-state index contributed by atoms with van der Waals surface area (Å²) in [4.78, 5) is 26.9. The Morgan fingerprint density at radius 2 is 1.34 bits per heavy atom. The molecule has 0 fully saturated rings. The molecular weight excluding hydrogens is 617 g/mol. The first-order valence-corrected chi connectivity index (χ1v) is 17.7. The van der Waals surface area contributed by atoms with Crippen molar-refractivity contribution in [2.45, 2.75) is 72.1 Å². The third-order valence-corrected chi connectivity index (χ3v) is 10.4. The molecule has 2 aliphatic heterocycles. The van der Waals surface area contributed by atoms with E-state index in [0.717, 1.165) is 11.4 Å². The highest BCUT2D eigenvalue weighted by molar-refractivity contribution is 6.07. The number of nitrogens with zero attached hydrogens (tertiary/aromatic N) is 2. The van der Waals surface area contributed by atoms with Crippen LogP contribution in [0.25, 0.3) is 21.5 Å². The van der Waals surface area contributed by atoms with Gasteiger partial charge in [-0.25, -0.2) is 0 Å². The molecule has 0 saturated carbocycles. The quantitative estimate of drug-likeness (QED) is 0.135. The van der Waals surface area contributed by atoms with Crippen molar-refractivity contribution in [1.82, 2.24) is 0 Å². The standard InChI is InChI=1S/C45H48N2O3/c1-43(2,3)39(48)27-29-46-35-25-23-31-17-13-15-19-33(31)41(35)44(4,5)37(46)21-11-9-8-10-12-22-38-45(6,7)42-34-20-16-14-18-32(34)24-26-36(42)47(38)30-28-40(49)50/h8-26H,27-30H2,1-7H3/p+1. The average Bonchev–Trinajstić information content (AvgIpc) is 3.43. The molecule has 2 heterocycles. The van der Waals surface area contributed by atoms with E-state index in [1.807, 2.05) is 45.1 Å². The maximum atomic E-state index is 13.0. The molecule has 50 heavy (non-hydrogen) atoms. The highest BCUT2D eigenvalue weighted by atomic mass is 16.4. The van der Waals surface area contributed by atoms with Crippen molar-refractivity contribution in [3.05, 3.63) is 132 Å². The summed E-state index contributed by atoms with van der Waals surface area (Å²) in [5, 5.41) is 14.4. The van der Waals surface area contributed by atoms with Gasteiger partial charge in [0.15, 0.2) is 12.3 Å². The zero-order valence-corrected chi connectivity index (χ0v) is 30.5. The number of benzene rings is 4. The molecule has 0 aliphatic carbocycles. The first-order chi connectivity index (χ1) is 23.7. The first kappa shape index (κ1) is 34.8. The number of carboxylic acid groups (broad SMARTS) is 1. The number of hydrogen-bond donors (Lipinski definition) is 1. The van der Waals surface area contributed by atoms with Crippen LogP contribution >= 0.6 is 0 Å². The van der Waals surface area contributed by atoms with Gasteiger partial charge in [0, 0.05) is 52.9 Å². The lowest BCUT2D eigenvalue weighted by Crippen LogP contribution is -2.30. The second-order valence-electron chi connectivity index (χ2n) is 15.5. The Morgan fingerprint density at radius 3 is 2.00 bits per heavy atom. The van der Waals surface area contributed by atoms with Gasteiger partial charge in [-0.3, -0.25) is 9.59 Å². The fourth-order valence-corrected chi connectivity index (χ4v) is 7.83. The average molecular weight is 666 g/mol. The molecule has 6 rings (SSSR count). The minimum atomic E-state index is -0.805. The third-order valence-electron chi connectivity index (χ3n) is 10.4. The number of aliphatic carboxylic acids is 1. The van der Waals surface area contributed by atoms with Crippen LogP contribution in [0.1, 0.15) is 72.4 Å². The summed E-state index contributed by atoms with van der Waals surface area (Å²) < 4.78 is 2.17. The Labute approximate surface area is 296 Å². The van der Waals surface area contributed by atoms with Gasteiger partial charge >= 0.3 is 5.97 Å². The topological polar surface area (TPSA) is 60.6 Å². The number of ketones is 1. The van der Waals surface area contributed by atoms with Gasteiger partial charge in [-0.1, -0.05) is 120 Å². The van der Waals surface area contributed by atoms with E-state index in [1.165, 1.54) is 44.1 Å². The van der Waals surface area contributed by atoms with Crippen molar-refractivity contribution in [2.24, 2.45) is 5.41 Å². The summed E-state index contributed by atoms with van der Waals surface area (Å²) in [6.07, 6.45) is 15.1. The van der Waals surface area contributed by atoms with E-state index in [9.17, 15) is 14.7 Å². The third kappa shape index (κ3) is 6.37. The summed E-state index contributed by atoms with van der Waals surface area (Å²) in [6, 6.07) is 25.6. The summed E-state index contributed by atoms with van der Waals surface area (Å²) >= 11 is 0. The Bertz CT molecular complexity index is 2150. The van der Waals surface area contributed by atoms with Crippen LogP contribution < -0.4 is 4.90 Å². The van der Waals surface area contributed by atoms with Crippen LogP contribution in [0, 0.1) is 5.41 Å². The van der Waals surface area contributed by atoms with Gasteiger partial charge in [0.2, 0.25) is 5.69 Å². The van der Waals surface area contributed by atoms with Gasteiger partial charge < -0.3 is 10.0 Å². The number of anilines is 1. The molecule has 1 N–H and O–H groups in total. The molecule has 0 atom stereocenters. The zero-order chi connectivity index (χ0) is 35.8. The Hall–Kier alpha value is -5.03. The second-order valence-corrected chi connectivity index (χ2v) is 15.5. The molecule has 5 nitrogen and oxygen atoms in total. The summed E-state index contributed by atoms with van der Waals surface area (Å²) in [5.74, 6) is -0.545. The molecule has 0 aromatic heterocycles. The predicted molar refractivity (Wildman–Crippen MR) is 208 cm³/mol. The molecule has 4 aromatic carbocycles. The number of fused-ring (bicyclic) bond motifs is 6. The van der Waals surface area contributed by atoms with Crippen molar-refractivity contribution in [3.63, 3.8) is 0 Å². The van der Waals surface area contributed by atoms with Crippen molar-refractivity contribution in [1.29, 1.82) is 0 Å². The fourth-order valence-electron chi connectivity index (χ4n) is 7.83. The van der Waals surface area contributed by atoms with Gasteiger partial charge in [-0.2, -0.15) is 4.58 Å². The number of rotatable bonds is 10. The van der Waals surface area contributed by atoms with Crippen LogP contribution in [-0.2, 0) is 20.4 Å².